The van der Waals surface area contributed by atoms with Gasteiger partial charge in [-0.1, -0.05) is 30.3 Å². The molecule has 2 aromatic carbocycles. The number of pyridine rings is 1. The van der Waals surface area contributed by atoms with Gasteiger partial charge in [0.25, 0.3) is 11.4 Å². The first-order valence-corrected chi connectivity index (χ1v) is 14.4. The molecule has 1 aromatic heterocycles. The lowest BCUT2D eigenvalue weighted by atomic mass is 9.81. The number of hydrogen-bond donors (Lipinski definition) is 0. The molecule has 0 spiro atoms. The number of benzene rings is 2. The summed E-state index contributed by atoms with van der Waals surface area (Å²) in [5.41, 5.74) is 1.95. The Morgan fingerprint density at radius 1 is 1.08 bits per heavy atom. The van der Waals surface area contributed by atoms with Crippen molar-refractivity contribution in [3.63, 3.8) is 0 Å². The van der Waals surface area contributed by atoms with Crippen LogP contribution in [0, 0.1) is 12.4 Å². The zero-order valence-electron chi connectivity index (χ0n) is 20.7. The number of fused-ring (bicyclic) bond motifs is 1. The van der Waals surface area contributed by atoms with Gasteiger partial charge in [0, 0.05) is 62.4 Å². The molecule has 2 aliphatic heterocycles. The number of nitrogens with zero attached hydrogens (tertiary/aromatic N) is 4. The highest BCUT2D eigenvalue weighted by Crippen LogP contribution is 2.41. The summed E-state index contributed by atoms with van der Waals surface area (Å²) < 4.78 is 38.3. The molecule has 0 unspecified atom stereocenters. The molecule has 0 saturated carbocycles. The van der Waals surface area contributed by atoms with Crippen LogP contribution in [0.4, 0.5) is 10.1 Å². The summed E-state index contributed by atoms with van der Waals surface area (Å²) in [6.45, 7) is 9.70. The van der Waals surface area contributed by atoms with Crippen LogP contribution in [0.3, 0.4) is 0 Å². The summed E-state index contributed by atoms with van der Waals surface area (Å²) in [5, 5.41) is 0.119. The van der Waals surface area contributed by atoms with E-state index in [1.54, 1.807) is 17.2 Å². The van der Waals surface area contributed by atoms with Crippen molar-refractivity contribution in [3.05, 3.63) is 83.1 Å². The molecule has 2 fully saturated rings. The van der Waals surface area contributed by atoms with Gasteiger partial charge in [-0.3, -0.25) is 9.78 Å². The third kappa shape index (κ3) is 4.78. The molecule has 0 aliphatic carbocycles. The number of carbonyl (C=O) groups excluding carboxylic acids is 1. The zero-order chi connectivity index (χ0) is 26.2. The van der Waals surface area contributed by atoms with Gasteiger partial charge in [-0.15, -0.1) is 0 Å². The van der Waals surface area contributed by atoms with Gasteiger partial charge in [-0.05, 0) is 31.0 Å². The fourth-order valence-corrected chi connectivity index (χ4v) is 6.69. The standard InChI is InChI=1S/C28H29FN4O3S/c1-30-28(20-6-4-3-5-7-20)12-16-32(17-13-28)26-23-18-21(29)8-9-25(23)31-19-24(26)27(34)33-14-10-22(11-15-33)37(2,35)36/h3-9,18-19,22H,10-17H2,2H3. The molecule has 3 aromatic rings. The smallest absolute Gasteiger partial charge is 0.260 e. The number of halogens is 1. The van der Waals surface area contributed by atoms with Gasteiger partial charge in [0.2, 0.25) is 0 Å². The Kier molecular flexibility index (Phi) is 6.63. The van der Waals surface area contributed by atoms with Crippen molar-refractivity contribution in [2.24, 2.45) is 0 Å². The monoisotopic (exact) mass is 520 g/mol. The van der Waals surface area contributed by atoms with E-state index in [0.717, 1.165) is 5.56 Å². The average Bonchev–Trinajstić information content (AvgIpc) is 2.92. The van der Waals surface area contributed by atoms with Crippen molar-refractivity contribution in [3.8, 4) is 0 Å². The second kappa shape index (κ2) is 9.75. The minimum Gasteiger partial charge on any atom is -0.370 e. The first-order chi connectivity index (χ1) is 17.7. The van der Waals surface area contributed by atoms with Crippen molar-refractivity contribution in [2.45, 2.75) is 36.5 Å². The number of hydrogen-bond acceptors (Lipinski definition) is 5. The van der Waals surface area contributed by atoms with Crippen LogP contribution >= 0.6 is 0 Å². The van der Waals surface area contributed by atoms with Gasteiger partial charge in [0.1, 0.15) is 15.7 Å². The number of likely N-dealkylation sites (tertiary alicyclic amines) is 1. The largest absolute Gasteiger partial charge is 0.370 e. The van der Waals surface area contributed by atoms with Crippen LogP contribution in [0.5, 0.6) is 0 Å². The van der Waals surface area contributed by atoms with E-state index in [0.29, 0.717) is 74.0 Å². The second-order valence-corrected chi connectivity index (χ2v) is 12.3. The molecule has 0 radical (unpaired) electrons. The Labute approximate surface area is 216 Å². The van der Waals surface area contributed by atoms with Crippen LogP contribution in [0.25, 0.3) is 15.7 Å². The maximum atomic E-state index is 14.4. The lowest BCUT2D eigenvalue weighted by molar-refractivity contribution is 0.0726. The zero-order valence-corrected chi connectivity index (χ0v) is 21.5. The minimum atomic E-state index is -3.16. The van der Waals surface area contributed by atoms with E-state index in [-0.39, 0.29) is 5.91 Å². The molecule has 3 heterocycles. The van der Waals surface area contributed by atoms with E-state index in [2.05, 4.69) is 14.7 Å². The summed E-state index contributed by atoms with van der Waals surface area (Å²) in [7, 11) is -3.16. The SMILES string of the molecule is [C-]#[N+]C1(c2ccccc2)CCN(c2c(C(=O)N3CCC(S(C)(=O)=O)CC3)cnc3ccc(F)cc23)CC1. The first kappa shape index (κ1) is 25.2. The Morgan fingerprint density at radius 2 is 1.76 bits per heavy atom. The van der Waals surface area contributed by atoms with Gasteiger partial charge in [0.15, 0.2) is 0 Å². The highest BCUT2D eigenvalue weighted by Gasteiger charge is 2.43. The van der Waals surface area contributed by atoms with Crippen molar-refractivity contribution in [1.82, 2.24) is 9.88 Å². The van der Waals surface area contributed by atoms with Crippen molar-refractivity contribution in [2.75, 3.05) is 37.3 Å². The minimum absolute atomic E-state index is 0.231. The van der Waals surface area contributed by atoms with Gasteiger partial charge < -0.3 is 14.6 Å². The van der Waals surface area contributed by atoms with Gasteiger partial charge in [-0.25, -0.2) is 19.4 Å². The third-order valence-electron chi connectivity index (χ3n) is 7.80. The molecule has 2 aliphatic rings. The van der Waals surface area contributed by atoms with E-state index < -0.39 is 26.4 Å². The van der Waals surface area contributed by atoms with Crippen LogP contribution < -0.4 is 4.90 Å². The Balaban J connectivity index is 1.48. The maximum Gasteiger partial charge on any atom is 0.260 e. The number of sulfone groups is 1. The van der Waals surface area contributed by atoms with Crippen LogP contribution in [-0.4, -0.2) is 61.9 Å². The summed E-state index contributed by atoms with van der Waals surface area (Å²) in [6.07, 6.45) is 4.73. The van der Waals surface area contributed by atoms with E-state index in [1.165, 1.54) is 18.4 Å². The molecule has 2 saturated heterocycles. The summed E-state index contributed by atoms with van der Waals surface area (Å²) in [6, 6.07) is 14.2. The predicted molar refractivity (Wildman–Crippen MR) is 142 cm³/mol. The van der Waals surface area contributed by atoms with Crippen LogP contribution in [-0.2, 0) is 15.4 Å². The fraction of sp³-hybridized carbons (Fsp3) is 0.393. The first-order valence-electron chi connectivity index (χ1n) is 12.5. The number of rotatable bonds is 4. The van der Waals surface area contributed by atoms with E-state index in [4.69, 9.17) is 6.57 Å². The van der Waals surface area contributed by atoms with E-state index >= 15 is 0 Å². The van der Waals surface area contributed by atoms with Gasteiger partial charge in [0.05, 0.1) is 22.0 Å². The third-order valence-corrected chi connectivity index (χ3v) is 9.48. The summed E-state index contributed by atoms with van der Waals surface area (Å²) in [4.78, 5) is 26.0. The lowest BCUT2D eigenvalue weighted by Crippen LogP contribution is -2.44. The second-order valence-electron chi connectivity index (χ2n) is 10.00. The molecule has 0 atom stereocenters. The van der Waals surface area contributed by atoms with Crippen LogP contribution in [0.1, 0.15) is 41.6 Å². The quantitative estimate of drug-likeness (QED) is 0.476. The predicted octanol–water partition coefficient (Wildman–Crippen LogP) is 4.44. The van der Waals surface area contributed by atoms with Crippen molar-refractivity contribution in [1.29, 1.82) is 0 Å². The van der Waals surface area contributed by atoms with Gasteiger partial charge >= 0.3 is 0 Å². The van der Waals surface area contributed by atoms with Gasteiger partial charge in [-0.2, -0.15) is 0 Å². The summed E-state index contributed by atoms with van der Waals surface area (Å²) in [5.74, 6) is -0.642. The molecule has 1 amide bonds. The average molecular weight is 521 g/mol. The van der Waals surface area contributed by atoms with E-state index in [9.17, 15) is 17.6 Å². The number of anilines is 1. The van der Waals surface area contributed by atoms with Crippen LogP contribution in [0.15, 0.2) is 54.7 Å². The fourth-order valence-electron chi connectivity index (χ4n) is 5.62. The van der Waals surface area contributed by atoms with Crippen molar-refractivity contribution >= 4 is 32.3 Å². The highest BCUT2D eigenvalue weighted by molar-refractivity contribution is 7.91. The molecule has 0 N–H and O–H groups in total. The maximum absolute atomic E-state index is 14.4. The topological polar surface area (TPSA) is 74.9 Å². The lowest BCUT2D eigenvalue weighted by Gasteiger charge is -2.37. The van der Waals surface area contributed by atoms with Crippen LogP contribution in [0.2, 0.25) is 0 Å². The molecule has 192 valence electrons. The summed E-state index contributed by atoms with van der Waals surface area (Å²) >= 11 is 0. The number of amides is 1. The Morgan fingerprint density at radius 3 is 2.38 bits per heavy atom. The molecule has 5 rings (SSSR count). The molecule has 9 heteroatoms. The Hall–Kier alpha value is -3.51. The molecule has 7 nitrogen and oxygen atoms in total. The van der Waals surface area contributed by atoms with Crippen molar-refractivity contribution < 1.29 is 17.6 Å². The molecular weight excluding hydrogens is 491 g/mol. The molecule has 0 bridgehead atoms. The highest BCUT2D eigenvalue weighted by atomic mass is 32.2. The molecular formula is C28H29FN4O3S. The van der Waals surface area contributed by atoms with E-state index in [1.807, 2.05) is 30.3 Å². The number of aromatic nitrogens is 1. The Bertz CT molecular complexity index is 1470. The molecule has 37 heavy (non-hydrogen) atoms. The number of carbonyl (C=O) groups is 1. The number of piperidine rings is 2. The normalized spacial score (nSPS) is 18.5.